The SMILES string of the molecule is COCC(=O)N1CCO[C@H]2[C@H](OCc3ccncc3)CC[C@@H]21. The summed E-state index contributed by atoms with van der Waals surface area (Å²) in [6.07, 6.45) is 5.36. The number of morpholine rings is 1. The van der Waals surface area contributed by atoms with Crippen LogP contribution in [0.25, 0.3) is 0 Å². The fourth-order valence-corrected chi connectivity index (χ4v) is 3.29. The molecule has 22 heavy (non-hydrogen) atoms. The Hall–Kier alpha value is -1.50. The number of carbonyl (C=O) groups is 1. The Balaban J connectivity index is 1.59. The second kappa shape index (κ2) is 7.17. The van der Waals surface area contributed by atoms with Crippen molar-refractivity contribution in [3.63, 3.8) is 0 Å². The van der Waals surface area contributed by atoms with Crippen molar-refractivity contribution in [2.75, 3.05) is 26.9 Å². The molecule has 0 N–H and O–H groups in total. The molecule has 6 nitrogen and oxygen atoms in total. The summed E-state index contributed by atoms with van der Waals surface area (Å²) < 4.78 is 16.9. The first-order valence-electron chi connectivity index (χ1n) is 7.70. The molecule has 0 bridgehead atoms. The van der Waals surface area contributed by atoms with E-state index in [4.69, 9.17) is 14.2 Å². The number of nitrogens with zero attached hydrogens (tertiary/aromatic N) is 2. The van der Waals surface area contributed by atoms with Gasteiger partial charge in [0.15, 0.2) is 0 Å². The Morgan fingerprint density at radius 1 is 1.41 bits per heavy atom. The van der Waals surface area contributed by atoms with Gasteiger partial charge in [-0.05, 0) is 30.5 Å². The Kier molecular flexibility index (Phi) is 5.02. The van der Waals surface area contributed by atoms with E-state index in [0.717, 1.165) is 18.4 Å². The van der Waals surface area contributed by atoms with E-state index in [1.165, 1.54) is 0 Å². The minimum atomic E-state index is -0.0311. The first-order chi connectivity index (χ1) is 10.8. The van der Waals surface area contributed by atoms with Gasteiger partial charge >= 0.3 is 0 Å². The fourth-order valence-electron chi connectivity index (χ4n) is 3.29. The van der Waals surface area contributed by atoms with Crippen LogP contribution < -0.4 is 0 Å². The van der Waals surface area contributed by atoms with Crippen molar-refractivity contribution in [2.24, 2.45) is 0 Å². The quantitative estimate of drug-likeness (QED) is 0.812. The Bertz CT molecular complexity index is 496. The highest BCUT2D eigenvalue weighted by Crippen LogP contribution is 2.32. The van der Waals surface area contributed by atoms with Gasteiger partial charge in [0.25, 0.3) is 0 Å². The maximum atomic E-state index is 12.1. The lowest BCUT2D eigenvalue weighted by atomic mass is 10.1. The van der Waals surface area contributed by atoms with Gasteiger partial charge in [0.2, 0.25) is 5.91 Å². The van der Waals surface area contributed by atoms with Crippen molar-refractivity contribution in [3.8, 4) is 0 Å². The zero-order chi connectivity index (χ0) is 15.4. The van der Waals surface area contributed by atoms with E-state index in [-0.39, 0.29) is 30.8 Å². The molecule has 1 saturated carbocycles. The van der Waals surface area contributed by atoms with Gasteiger partial charge < -0.3 is 19.1 Å². The number of fused-ring (bicyclic) bond motifs is 1. The molecular formula is C16H22N2O4. The normalized spacial score (nSPS) is 27.7. The Morgan fingerprint density at radius 3 is 3.00 bits per heavy atom. The van der Waals surface area contributed by atoms with E-state index >= 15 is 0 Å². The first-order valence-corrected chi connectivity index (χ1v) is 7.70. The van der Waals surface area contributed by atoms with Crippen molar-refractivity contribution in [1.29, 1.82) is 0 Å². The Morgan fingerprint density at radius 2 is 2.23 bits per heavy atom. The zero-order valence-electron chi connectivity index (χ0n) is 12.8. The lowest BCUT2D eigenvalue weighted by Gasteiger charge is -2.39. The molecule has 0 radical (unpaired) electrons. The zero-order valence-corrected chi connectivity index (χ0v) is 12.8. The monoisotopic (exact) mass is 306 g/mol. The molecule has 1 aromatic rings. The number of carbonyl (C=O) groups excluding carboxylic acids is 1. The highest BCUT2D eigenvalue weighted by Gasteiger charge is 2.44. The van der Waals surface area contributed by atoms with Crippen LogP contribution in [0.2, 0.25) is 0 Å². The highest BCUT2D eigenvalue weighted by atomic mass is 16.5. The van der Waals surface area contributed by atoms with Gasteiger partial charge in [0.1, 0.15) is 12.7 Å². The topological polar surface area (TPSA) is 60.9 Å². The van der Waals surface area contributed by atoms with E-state index in [1.807, 2.05) is 17.0 Å². The van der Waals surface area contributed by atoms with Crippen LogP contribution in [0.1, 0.15) is 18.4 Å². The molecule has 1 amide bonds. The number of methoxy groups -OCH3 is 1. The summed E-state index contributed by atoms with van der Waals surface area (Å²) >= 11 is 0. The predicted molar refractivity (Wildman–Crippen MR) is 79.2 cm³/mol. The van der Waals surface area contributed by atoms with Gasteiger partial charge in [-0.3, -0.25) is 9.78 Å². The standard InChI is InChI=1S/C16H22N2O4/c1-20-11-15(19)18-8-9-21-16-13(18)2-3-14(16)22-10-12-4-6-17-7-5-12/h4-7,13-14,16H,2-3,8-11H2,1H3/t13-,14+,16+/m0/s1. The Labute approximate surface area is 130 Å². The molecule has 6 heteroatoms. The maximum absolute atomic E-state index is 12.1. The summed E-state index contributed by atoms with van der Waals surface area (Å²) in [6.45, 7) is 1.88. The van der Waals surface area contributed by atoms with Gasteiger partial charge in [-0.15, -0.1) is 0 Å². The number of amides is 1. The van der Waals surface area contributed by atoms with Gasteiger partial charge in [0, 0.05) is 26.0 Å². The molecule has 1 aromatic heterocycles. The molecule has 1 aliphatic carbocycles. The average molecular weight is 306 g/mol. The fraction of sp³-hybridized carbons (Fsp3) is 0.625. The molecule has 1 aliphatic heterocycles. The van der Waals surface area contributed by atoms with Crippen LogP contribution >= 0.6 is 0 Å². The smallest absolute Gasteiger partial charge is 0.248 e. The van der Waals surface area contributed by atoms with Crippen LogP contribution in [0.15, 0.2) is 24.5 Å². The van der Waals surface area contributed by atoms with Crippen LogP contribution in [0.3, 0.4) is 0 Å². The summed E-state index contributed by atoms with van der Waals surface area (Å²) in [5.41, 5.74) is 1.10. The van der Waals surface area contributed by atoms with Crippen molar-refractivity contribution in [2.45, 2.75) is 37.7 Å². The van der Waals surface area contributed by atoms with Crippen LogP contribution in [-0.4, -0.2) is 60.9 Å². The lowest BCUT2D eigenvalue weighted by molar-refractivity contribution is -0.155. The summed E-state index contributed by atoms with van der Waals surface area (Å²) in [5.74, 6) is 0.0376. The van der Waals surface area contributed by atoms with Crippen molar-refractivity contribution in [1.82, 2.24) is 9.88 Å². The molecule has 120 valence electrons. The minimum Gasteiger partial charge on any atom is -0.375 e. The van der Waals surface area contributed by atoms with Crippen molar-refractivity contribution < 1.29 is 19.0 Å². The van der Waals surface area contributed by atoms with Crippen LogP contribution in [-0.2, 0) is 25.6 Å². The molecule has 0 spiro atoms. The first kappa shape index (κ1) is 15.4. The summed E-state index contributed by atoms with van der Waals surface area (Å²) in [4.78, 5) is 18.0. The molecule has 2 heterocycles. The third kappa shape index (κ3) is 3.29. The number of pyridine rings is 1. The average Bonchev–Trinajstić information content (AvgIpc) is 2.97. The molecule has 0 aromatic carbocycles. The van der Waals surface area contributed by atoms with Crippen LogP contribution in [0, 0.1) is 0 Å². The van der Waals surface area contributed by atoms with Crippen molar-refractivity contribution >= 4 is 5.91 Å². The lowest BCUT2D eigenvalue weighted by Crippen LogP contribution is -2.54. The number of hydrogen-bond donors (Lipinski definition) is 0. The highest BCUT2D eigenvalue weighted by molar-refractivity contribution is 5.78. The largest absolute Gasteiger partial charge is 0.375 e. The minimum absolute atomic E-state index is 0.0311. The van der Waals surface area contributed by atoms with E-state index in [9.17, 15) is 4.79 Å². The third-order valence-electron chi connectivity index (χ3n) is 4.34. The van der Waals surface area contributed by atoms with Gasteiger partial charge in [-0.1, -0.05) is 0 Å². The van der Waals surface area contributed by atoms with E-state index < -0.39 is 0 Å². The molecule has 0 unspecified atom stereocenters. The van der Waals surface area contributed by atoms with Crippen LogP contribution in [0.5, 0.6) is 0 Å². The predicted octanol–water partition coefficient (Wildman–Crippen LogP) is 1.00. The second-order valence-corrected chi connectivity index (χ2v) is 5.71. The van der Waals surface area contributed by atoms with Gasteiger partial charge in [-0.2, -0.15) is 0 Å². The molecular weight excluding hydrogens is 284 g/mol. The van der Waals surface area contributed by atoms with E-state index in [1.54, 1.807) is 19.5 Å². The van der Waals surface area contributed by atoms with Crippen molar-refractivity contribution in [3.05, 3.63) is 30.1 Å². The van der Waals surface area contributed by atoms with Gasteiger partial charge in [0.05, 0.1) is 25.4 Å². The number of hydrogen-bond acceptors (Lipinski definition) is 5. The molecule has 2 fully saturated rings. The second-order valence-electron chi connectivity index (χ2n) is 5.71. The van der Waals surface area contributed by atoms with E-state index in [2.05, 4.69) is 4.98 Å². The van der Waals surface area contributed by atoms with E-state index in [0.29, 0.717) is 19.8 Å². The summed E-state index contributed by atoms with van der Waals surface area (Å²) in [7, 11) is 1.55. The number of rotatable bonds is 5. The molecule has 2 aliphatic rings. The summed E-state index contributed by atoms with van der Waals surface area (Å²) in [5, 5.41) is 0. The maximum Gasteiger partial charge on any atom is 0.248 e. The summed E-state index contributed by atoms with van der Waals surface area (Å²) in [6, 6.07) is 4.00. The number of aromatic nitrogens is 1. The third-order valence-corrected chi connectivity index (χ3v) is 4.34. The number of ether oxygens (including phenoxy) is 3. The van der Waals surface area contributed by atoms with Gasteiger partial charge in [-0.25, -0.2) is 0 Å². The molecule has 1 saturated heterocycles. The van der Waals surface area contributed by atoms with Crippen LogP contribution in [0.4, 0.5) is 0 Å². The molecule has 3 atom stereocenters. The molecule has 3 rings (SSSR count).